The predicted octanol–water partition coefficient (Wildman–Crippen LogP) is 0.528. The Morgan fingerprint density at radius 1 is 1.21 bits per heavy atom. The fourth-order valence-electron chi connectivity index (χ4n) is 1.35. The van der Waals surface area contributed by atoms with Crippen LogP contribution in [-0.2, 0) is 4.79 Å². The number of carbonyl (C=O) groups is 2. The molecule has 1 aromatic rings. The van der Waals surface area contributed by atoms with Crippen molar-refractivity contribution >= 4 is 17.5 Å². The van der Waals surface area contributed by atoms with Crippen molar-refractivity contribution in [1.82, 2.24) is 10.6 Å². The Labute approximate surface area is 112 Å². The standard InChI is InChI=1S/C14H17N3O2/c1-2-3-4-9-16-13(18)10-17-14(19)11-5-7-12(15)8-6-11/h5-8H,4,9-10,15H2,1H3,(H,16,18)(H,17,19). The predicted molar refractivity (Wildman–Crippen MR) is 74.3 cm³/mol. The van der Waals surface area contributed by atoms with Gasteiger partial charge in [-0.15, -0.1) is 11.8 Å². The van der Waals surface area contributed by atoms with Gasteiger partial charge in [0.05, 0.1) is 6.54 Å². The highest BCUT2D eigenvalue weighted by atomic mass is 16.2. The van der Waals surface area contributed by atoms with Gasteiger partial charge in [0.15, 0.2) is 0 Å². The number of nitrogens with two attached hydrogens (primary N) is 1. The van der Waals surface area contributed by atoms with Crippen LogP contribution in [-0.4, -0.2) is 24.9 Å². The number of carbonyl (C=O) groups excluding carboxylic acids is 2. The molecule has 100 valence electrons. The van der Waals surface area contributed by atoms with Gasteiger partial charge in [-0.3, -0.25) is 9.59 Å². The SMILES string of the molecule is CC#CCCNC(=O)CNC(=O)c1ccc(N)cc1. The Morgan fingerprint density at radius 3 is 2.53 bits per heavy atom. The summed E-state index contributed by atoms with van der Waals surface area (Å²) in [5, 5.41) is 5.19. The number of hydrogen-bond acceptors (Lipinski definition) is 3. The van der Waals surface area contributed by atoms with Gasteiger partial charge in [0.25, 0.3) is 5.91 Å². The molecule has 0 fully saturated rings. The molecule has 19 heavy (non-hydrogen) atoms. The van der Waals surface area contributed by atoms with Gasteiger partial charge in [0.2, 0.25) is 5.91 Å². The quantitative estimate of drug-likeness (QED) is 0.409. The fraction of sp³-hybridized carbons (Fsp3) is 0.286. The van der Waals surface area contributed by atoms with E-state index in [0.29, 0.717) is 24.2 Å². The Hall–Kier alpha value is -2.48. The van der Waals surface area contributed by atoms with Gasteiger partial charge in [-0.25, -0.2) is 0 Å². The van der Waals surface area contributed by atoms with Crippen molar-refractivity contribution in [2.45, 2.75) is 13.3 Å². The lowest BCUT2D eigenvalue weighted by Gasteiger charge is -2.06. The van der Waals surface area contributed by atoms with Crippen molar-refractivity contribution in [1.29, 1.82) is 0 Å². The van der Waals surface area contributed by atoms with Crippen molar-refractivity contribution in [3.8, 4) is 11.8 Å². The van der Waals surface area contributed by atoms with E-state index in [1.807, 2.05) is 0 Å². The van der Waals surface area contributed by atoms with Gasteiger partial charge in [0, 0.05) is 24.2 Å². The second kappa shape index (κ2) is 7.77. The average molecular weight is 259 g/mol. The number of hydrogen-bond donors (Lipinski definition) is 3. The van der Waals surface area contributed by atoms with E-state index in [0.717, 1.165) is 0 Å². The summed E-state index contributed by atoms with van der Waals surface area (Å²) in [7, 11) is 0. The zero-order valence-electron chi connectivity index (χ0n) is 10.8. The highest BCUT2D eigenvalue weighted by Gasteiger charge is 2.07. The second-order valence-corrected chi connectivity index (χ2v) is 3.83. The summed E-state index contributed by atoms with van der Waals surface area (Å²) in [6.07, 6.45) is 0.605. The van der Waals surface area contributed by atoms with Crippen molar-refractivity contribution in [3.63, 3.8) is 0 Å². The number of nitrogens with one attached hydrogen (secondary N) is 2. The molecule has 4 N–H and O–H groups in total. The molecule has 5 heteroatoms. The first-order valence-corrected chi connectivity index (χ1v) is 5.93. The molecule has 0 saturated carbocycles. The highest BCUT2D eigenvalue weighted by molar-refractivity contribution is 5.96. The van der Waals surface area contributed by atoms with E-state index >= 15 is 0 Å². The summed E-state index contributed by atoms with van der Waals surface area (Å²) >= 11 is 0. The molecule has 0 aliphatic heterocycles. The largest absolute Gasteiger partial charge is 0.399 e. The molecule has 0 bridgehead atoms. The number of amides is 2. The first-order valence-electron chi connectivity index (χ1n) is 5.93. The number of nitrogen functional groups attached to an aromatic ring is 1. The van der Waals surface area contributed by atoms with E-state index in [2.05, 4.69) is 22.5 Å². The molecule has 1 aromatic carbocycles. The minimum absolute atomic E-state index is 0.0528. The van der Waals surface area contributed by atoms with E-state index in [9.17, 15) is 9.59 Å². The van der Waals surface area contributed by atoms with Crippen molar-refractivity contribution in [3.05, 3.63) is 29.8 Å². The van der Waals surface area contributed by atoms with E-state index in [1.54, 1.807) is 31.2 Å². The molecule has 2 amide bonds. The minimum atomic E-state index is -0.302. The Kier molecular flexibility index (Phi) is 5.96. The van der Waals surface area contributed by atoms with Gasteiger partial charge < -0.3 is 16.4 Å². The molecule has 0 aliphatic rings. The van der Waals surface area contributed by atoms with Crippen LogP contribution in [0.4, 0.5) is 5.69 Å². The van der Waals surface area contributed by atoms with Gasteiger partial charge >= 0.3 is 0 Å². The van der Waals surface area contributed by atoms with Crippen LogP contribution in [0.25, 0.3) is 0 Å². The summed E-state index contributed by atoms with van der Waals surface area (Å²) in [6.45, 7) is 2.18. The lowest BCUT2D eigenvalue weighted by atomic mass is 10.2. The molecule has 0 unspecified atom stereocenters. The van der Waals surface area contributed by atoms with Crippen LogP contribution in [0, 0.1) is 11.8 Å². The third kappa shape index (κ3) is 5.59. The maximum atomic E-state index is 11.7. The third-order valence-corrected chi connectivity index (χ3v) is 2.33. The number of anilines is 1. The minimum Gasteiger partial charge on any atom is -0.399 e. The first kappa shape index (κ1) is 14.6. The van der Waals surface area contributed by atoms with Crippen LogP contribution in [0.15, 0.2) is 24.3 Å². The van der Waals surface area contributed by atoms with Gasteiger partial charge in [0.1, 0.15) is 0 Å². The summed E-state index contributed by atoms with van der Waals surface area (Å²) in [6, 6.07) is 6.50. The van der Waals surface area contributed by atoms with E-state index in [-0.39, 0.29) is 18.4 Å². The van der Waals surface area contributed by atoms with Crippen LogP contribution in [0.5, 0.6) is 0 Å². The maximum absolute atomic E-state index is 11.7. The fourth-order valence-corrected chi connectivity index (χ4v) is 1.35. The van der Waals surface area contributed by atoms with Gasteiger partial charge in [-0.1, -0.05) is 0 Å². The van der Waals surface area contributed by atoms with Crippen molar-refractivity contribution < 1.29 is 9.59 Å². The molecular weight excluding hydrogens is 242 g/mol. The molecule has 0 aliphatic carbocycles. The Balaban J connectivity index is 2.31. The summed E-state index contributed by atoms with van der Waals surface area (Å²) in [5.41, 5.74) is 6.58. The molecule has 0 spiro atoms. The average Bonchev–Trinajstić information content (AvgIpc) is 2.42. The second-order valence-electron chi connectivity index (χ2n) is 3.83. The Morgan fingerprint density at radius 2 is 1.89 bits per heavy atom. The van der Waals surface area contributed by atoms with Crippen molar-refractivity contribution in [2.24, 2.45) is 0 Å². The van der Waals surface area contributed by atoms with Crippen LogP contribution < -0.4 is 16.4 Å². The van der Waals surface area contributed by atoms with E-state index < -0.39 is 0 Å². The third-order valence-electron chi connectivity index (χ3n) is 2.33. The molecule has 0 heterocycles. The zero-order chi connectivity index (χ0) is 14.1. The van der Waals surface area contributed by atoms with E-state index in [4.69, 9.17) is 5.73 Å². The molecular formula is C14H17N3O2. The first-order chi connectivity index (χ1) is 9.13. The van der Waals surface area contributed by atoms with Crippen LogP contribution in [0.3, 0.4) is 0 Å². The monoisotopic (exact) mass is 259 g/mol. The summed E-state index contributed by atoms with van der Waals surface area (Å²) < 4.78 is 0. The smallest absolute Gasteiger partial charge is 0.251 e. The van der Waals surface area contributed by atoms with Crippen LogP contribution in [0.2, 0.25) is 0 Å². The molecule has 1 rings (SSSR count). The molecule has 0 aromatic heterocycles. The number of benzene rings is 1. The molecule has 5 nitrogen and oxygen atoms in total. The van der Waals surface area contributed by atoms with Crippen LogP contribution >= 0.6 is 0 Å². The Bertz CT molecular complexity index is 498. The lowest BCUT2D eigenvalue weighted by Crippen LogP contribution is -2.37. The van der Waals surface area contributed by atoms with Crippen LogP contribution in [0.1, 0.15) is 23.7 Å². The van der Waals surface area contributed by atoms with Gasteiger partial charge in [-0.2, -0.15) is 0 Å². The lowest BCUT2D eigenvalue weighted by molar-refractivity contribution is -0.120. The topological polar surface area (TPSA) is 84.2 Å². The van der Waals surface area contributed by atoms with Gasteiger partial charge in [-0.05, 0) is 31.2 Å². The summed E-state index contributed by atoms with van der Waals surface area (Å²) in [5.74, 6) is 5.04. The maximum Gasteiger partial charge on any atom is 0.251 e. The molecule has 0 atom stereocenters. The molecule has 0 saturated heterocycles. The zero-order valence-corrected chi connectivity index (χ0v) is 10.8. The van der Waals surface area contributed by atoms with E-state index in [1.165, 1.54) is 0 Å². The normalized spacial score (nSPS) is 9.11. The van der Waals surface area contributed by atoms with Crippen molar-refractivity contribution in [2.75, 3.05) is 18.8 Å². The summed E-state index contributed by atoms with van der Waals surface area (Å²) in [4.78, 5) is 23.1. The highest BCUT2D eigenvalue weighted by Crippen LogP contribution is 2.04. The number of rotatable bonds is 5. The molecule has 0 radical (unpaired) electrons.